The molecular formula is C24H38O4. The normalized spacial score (nSPS) is 11.1. The van der Waals surface area contributed by atoms with Gasteiger partial charge in [0.05, 0.1) is 0 Å². The Morgan fingerprint density at radius 2 is 1.36 bits per heavy atom. The number of carbonyl (C=O) groups is 2. The Bertz CT molecular complexity index is 605. The topological polar surface area (TPSA) is 52.6 Å². The van der Waals surface area contributed by atoms with Gasteiger partial charge in [0.15, 0.2) is 11.5 Å². The van der Waals surface area contributed by atoms with Crippen LogP contribution in [0.15, 0.2) is 18.2 Å². The predicted octanol–water partition coefficient (Wildman–Crippen LogP) is 6.49. The molecule has 4 nitrogen and oxygen atoms in total. The van der Waals surface area contributed by atoms with E-state index in [1.54, 1.807) is 6.07 Å². The molecule has 1 aromatic rings. The second-order valence-corrected chi connectivity index (χ2v) is 8.33. The van der Waals surface area contributed by atoms with Gasteiger partial charge < -0.3 is 9.47 Å². The third-order valence-corrected chi connectivity index (χ3v) is 4.71. The van der Waals surface area contributed by atoms with Gasteiger partial charge in [0.2, 0.25) is 0 Å². The number of carbonyl (C=O) groups excluding carboxylic acids is 2. The van der Waals surface area contributed by atoms with Crippen LogP contribution < -0.4 is 9.47 Å². The number of hydrogen-bond donors (Lipinski definition) is 0. The van der Waals surface area contributed by atoms with Crippen LogP contribution in [-0.2, 0) is 16.0 Å². The van der Waals surface area contributed by atoms with E-state index in [2.05, 4.69) is 27.7 Å². The van der Waals surface area contributed by atoms with Gasteiger partial charge in [0.25, 0.3) is 0 Å². The van der Waals surface area contributed by atoms with Gasteiger partial charge in [0.1, 0.15) is 0 Å². The van der Waals surface area contributed by atoms with Crippen molar-refractivity contribution >= 4 is 11.9 Å². The number of rotatable bonds is 13. The smallest absolute Gasteiger partial charge is 0.311 e. The van der Waals surface area contributed by atoms with Crippen molar-refractivity contribution in [3.05, 3.63) is 23.8 Å². The maximum Gasteiger partial charge on any atom is 0.311 e. The number of para-hydroxylation sites is 1. The molecule has 0 aliphatic heterocycles. The van der Waals surface area contributed by atoms with Crippen molar-refractivity contribution in [2.24, 2.45) is 11.8 Å². The highest BCUT2D eigenvalue weighted by Crippen LogP contribution is 2.32. The fourth-order valence-electron chi connectivity index (χ4n) is 3.02. The SMILES string of the molecule is CCc1cccc(OC(=O)CCCCC(C)C)c1OC(=O)CCCCC(C)C. The van der Waals surface area contributed by atoms with Crippen molar-refractivity contribution in [1.82, 2.24) is 0 Å². The van der Waals surface area contributed by atoms with Gasteiger partial charge in [-0.1, -0.05) is 72.4 Å². The van der Waals surface area contributed by atoms with Gasteiger partial charge in [-0.2, -0.15) is 0 Å². The molecular weight excluding hydrogens is 352 g/mol. The Kier molecular flexibility index (Phi) is 11.5. The van der Waals surface area contributed by atoms with Gasteiger partial charge in [-0.05, 0) is 42.7 Å². The fraction of sp³-hybridized carbons (Fsp3) is 0.667. The van der Waals surface area contributed by atoms with Crippen molar-refractivity contribution in [3.63, 3.8) is 0 Å². The zero-order valence-corrected chi connectivity index (χ0v) is 18.4. The largest absolute Gasteiger partial charge is 0.423 e. The van der Waals surface area contributed by atoms with Crippen LogP contribution in [0.2, 0.25) is 0 Å². The number of esters is 2. The molecule has 0 unspecified atom stereocenters. The van der Waals surface area contributed by atoms with Crippen molar-refractivity contribution in [2.75, 3.05) is 0 Å². The highest BCUT2D eigenvalue weighted by molar-refractivity contribution is 5.76. The standard InChI is InChI=1S/C24H38O4/c1-6-20-14-11-15-21(27-22(25)16-9-7-12-18(2)3)24(20)28-23(26)17-10-8-13-19(4)5/h11,14-15,18-19H,6-10,12-13,16-17H2,1-5H3. The van der Waals surface area contributed by atoms with Crippen LogP contribution >= 0.6 is 0 Å². The quantitative estimate of drug-likeness (QED) is 0.219. The first-order chi connectivity index (χ1) is 13.3. The summed E-state index contributed by atoms with van der Waals surface area (Å²) in [6.45, 7) is 10.7. The van der Waals surface area contributed by atoms with Crippen LogP contribution in [0.4, 0.5) is 0 Å². The van der Waals surface area contributed by atoms with Crippen LogP contribution in [0.1, 0.15) is 91.5 Å². The molecule has 0 aliphatic rings. The molecule has 0 saturated heterocycles. The van der Waals surface area contributed by atoms with E-state index >= 15 is 0 Å². The lowest BCUT2D eigenvalue weighted by atomic mass is 10.1. The molecule has 0 radical (unpaired) electrons. The summed E-state index contributed by atoms with van der Waals surface area (Å²) in [6, 6.07) is 5.44. The summed E-state index contributed by atoms with van der Waals surface area (Å²) < 4.78 is 11.2. The highest BCUT2D eigenvalue weighted by Gasteiger charge is 2.17. The molecule has 1 rings (SSSR count). The van der Waals surface area contributed by atoms with E-state index in [-0.39, 0.29) is 11.9 Å². The Balaban J connectivity index is 2.64. The summed E-state index contributed by atoms with van der Waals surface area (Å²) in [6.07, 6.45) is 7.34. The van der Waals surface area contributed by atoms with Crippen LogP contribution in [0.5, 0.6) is 11.5 Å². The van der Waals surface area contributed by atoms with Crippen molar-refractivity contribution in [2.45, 2.75) is 92.4 Å². The molecule has 1 aromatic carbocycles. The van der Waals surface area contributed by atoms with Crippen molar-refractivity contribution in [3.8, 4) is 11.5 Å². The number of unbranched alkanes of at least 4 members (excludes halogenated alkanes) is 2. The summed E-state index contributed by atoms with van der Waals surface area (Å²) in [4.78, 5) is 24.5. The molecule has 0 saturated carbocycles. The van der Waals surface area contributed by atoms with Crippen LogP contribution in [0, 0.1) is 11.8 Å². The second kappa shape index (κ2) is 13.4. The van der Waals surface area contributed by atoms with Crippen molar-refractivity contribution < 1.29 is 19.1 Å². The first kappa shape index (κ1) is 24.2. The van der Waals surface area contributed by atoms with Crippen LogP contribution in [0.25, 0.3) is 0 Å². The minimum atomic E-state index is -0.272. The summed E-state index contributed by atoms with van der Waals surface area (Å²) in [5.74, 6) is 1.50. The predicted molar refractivity (Wildman–Crippen MR) is 114 cm³/mol. The van der Waals surface area contributed by atoms with Crippen LogP contribution in [0.3, 0.4) is 0 Å². The third-order valence-electron chi connectivity index (χ3n) is 4.71. The van der Waals surface area contributed by atoms with E-state index < -0.39 is 0 Å². The Morgan fingerprint density at radius 1 is 0.821 bits per heavy atom. The zero-order valence-electron chi connectivity index (χ0n) is 18.4. The Hall–Kier alpha value is -1.84. The van der Waals surface area contributed by atoms with E-state index in [0.717, 1.165) is 44.1 Å². The molecule has 0 aliphatic carbocycles. The molecule has 158 valence electrons. The summed E-state index contributed by atoms with van der Waals surface area (Å²) in [5, 5.41) is 0. The van der Waals surface area contributed by atoms with E-state index in [0.29, 0.717) is 42.6 Å². The molecule has 0 amide bonds. The summed E-state index contributed by atoms with van der Waals surface area (Å²) >= 11 is 0. The maximum atomic E-state index is 12.3. The number of benzene rings is 1. The molecule has 0 heterocycles. The van der Waals surface area contributed by atoms with Gasteiger partial charge >= 0.3 is 11.9 Å². The maximum absolute atomic E-state index is 12.3. The summed E-state index contributed by atoms with van der Waals surface area (Å²) in [7, 11) is 0. The lowest BCUT2D eigenvalue weighted by molar-refractivity contribution is -0.137. The first-order valence-corrected chi connectivity index (χ1v) is 10.9. The zero-order chi connectivity index (χ0) is 20.9. The van der Waals surface area contributed by atoms with E-state index in [1.807, 2.05) is 19.1 Å². The van der Waals surface area contributed by atoms with Gasteiger partial charge in [0, 0.05) is 12.8 Å². The Labute approximate surface area is 171 Å². The molecule has 0 bridgehead atoms. The van der Waals surface area contributed by atoms with Gasteiger partial charge in [-0.25, -0.2) is 0 Å². The molecule has 4 heteroatoms. The van der Waals surface area contributed by atoms with E-state index in [9.17, 15) is 9.59 Å². The Morgan fingerprint density at radius 3 is 1.86 bits per heavy atom. The number of hydrogen-bond acceptors (Lipinski definition) is 4. The lowest BCUT2D eigenvalue weighted by Gasteiger charge is -2.14. The number of ether oxygens (including phenoxy) is 2. The van der Waals surface area contributed by atoms with Gasteiger partial charge in [-0.15, -0.1) is 0 Å². The number of aryl methyl sites for hydroxylation is 1. The average molecular weight is 391 g/mol. The van der Waals surface area contributed by atoms with Gasteiger partial charge in [-0.3, -0.25) is 9.59 Å². The molecule has 0 N–H and O–H groups in total. The van der Waals surface area contributed by atoms with Crippen molar-refractivity contribution in [1.29, 1.82) is 0 Å². The monoisotopic (exact) mass is 390 g/mol. The first-order valence-electron chi connectivity index (χ1n) is 10.9. The van der Waals surface area contributed by atoms with Crippen LogP contribution in [-0.4, -0.2) is 11.9 Å². The van der Waals surface area contributed by atoms with E-state index in [4.69, 9.17) is 9.47 Å². The highest BCUT2D eigenvalue weighted by atomic mass is 16.6. The molecule has 0 spiro atoms. The average Bonchev–Trinajstić information content (AvgIpc) is 2.63. The third kappa shape index (κ3) is 9.91. The molecule has 0 atom stereocenters. The minimum Gasteiger partial charge on any atom is -0.423 e. The summed E-state index contributed by atoms with van der Waals surface area (Å²) in [5.41, 5.74) is 0.876. The fourth-order valence-corrected chi connectivity index (χ4v) is 3.02. The minimum absolute atomic E-state index is 0.265. The molecule has 0 fully saturated rings. The van der Waals surface area contributed by atoms with E-state index in [1.165, 1.54) is 0 Å². The molecule has 0 aromatic heterocycles. The lowest BCUT2D eigenvalue weighted by Crippen LogP contribution is -2.13. The molecule has 28 heavy (non-hydrogen) atoms. The second-order valence-electron chi connectivity index (χ2n) is 8.33.